The summed E-state index contributed by atoms with van der Waals surface area (Å²) in [6.45, 7) is 14.8. The highest BCUT2D eigenvalue weighted by Gasteiger charge is 2.33. The number of allylic oxidation sites excluding steroid dienone is 3. The van der Waals surface area contributed by atoms with Gasteiger partial charge in [0.15, 0.2) is 0 Å². The van der Waals surface area contributed by atoms with Gasteiger partial charge in [-0.05, 0) is 68.0 Å². The molecule has 1 aromatic rings. The van der Waals surface area contributed by atoms with Gasteiger partial charge in [0.1, 0.15) is 0 Å². The van der Waals surface area contributed by atoms with Crippen LogP contribution in [0.15, 0.2) is 42.6 Å². The molecule has 0 N–H and O–H groups in total. The zero-order valence-corrected chi connectivity index (χ0v) is 12.1. The summed E-state index contributed by atoms with van der Waals surface area (Å²) in [7, 11) is 0. The van der Waals surface area contributed by atoms with Crippen LogP contribution in [0.1, 0.15) is 36.5 Å². The average molecular weight is 251 g/mol. The first-order chi connectivity index (χ1) is 8.99. The number of anilines is 1. The number of fused-ring (bicyclic) bond motifs is 1. The smallest absolute Gasteiger partial charge is 0.0491 e. The van der Waals surface area contributed by atoms with Crippen molar-refractivity contribution in [2.75, 3.05) is 4.90 Å². The highest BCUT2D eigenvalue weighted by Crippen LogP contribution is 2.44. The largest absolute Gasteiger partial charge is 0.344 e. The topological polar surface area (TPSA) is 3.24 Å². The average Bonchev–Trinajstić information content (AvgIpc) is 3.16. The van der Waals surface area contributed by atoms with Crippen LogP contribution in [0.5, 0.6) is 0 Å². The van der Waals surface area contributed by atoms with Gasteiger partial charge in [0, 0.05) is 29.1 Å². The fraction of sp³-hybridized carbons (Fsp3) is 0.333. The monoisotopic (exact) mass is 251 g/mol. The fourth-order valence-corrected chi connectivity index (χ4v) is 2.71. The van der Waals surface area contributed by atoms with Crippen LogP contribution in [0.3, 0.4) is 0 Å². The van der Waals surface area contributed by atoms with Crippen LogP contribution >= 0.6 is 0 Å². The van der Waals surface area contributed by atoms with Crippen molar-refractivity contribution in [1.82, 2.24) is 0 Å². The van der Waals surface area contributed by atoms with E-state index in [-0.39, 0.29) is 0 Å². The standard InChI is InChI=1S/C18H21N/c1-11(2)17-10-19(15-6-7-15)18-9-13(4)12(3)8-16(18)14(17)5/h8-10,15H,1,5-7H2,2-4H3. The van der Waals surface area contributed by atoms with Crippen LogP contribution in [-0.4, -0.2) is 6.04 Å². The summed E-state index contributed by atoms with van der Waals surface area (Å²) in [5, 5.41) is 0. The zero-order chi connectivity index (χ0) is 13.7. The Morgan fingerprint density at radius 2 is 1.84 bits per heavy atom. The molecule has 0 aromatic heterocycles. The molecular weight excluding hydrogens is 230 g/mol. The van der Waals surface area contributed by atoms with Gasteiger partial charge in [0.25, 0.3) is 0 Å². The Morgan fingerprint density at radius 3 is 2.42 bits per heavy atom. The van der Waals surface area contributed by atoms with Crippen LogP contribution in [0.4, 0.5) is 5.69 Å². The molecule has 1 aliphatic heterocycles. The minimum Gasteiger partial charge on any atom is -0.344 e. The molecule has 3 rings (SSSR count). The summed E-state index contributed by atoms with van der Waals surface area (Å²) in [4.78, 5) is 2.43. The molecule has 1 aromatic carbocycles. The molecule has 1 saturated carbocycles. The molecule has 0 spiro atoms. The summed E-state index contributed by atoms with van der Waals surface area (Å²) in [5.41, 5.74) is 8.68. The van der Waals surface area contributed by atoms with Gasteiger partial charge in [-0.3, -0.25) is 0 Å². The van der Waals surface area contributed by atoms with Crippen LogP contribution in [0.25, 0.3) is 5.57 Å². The summed E-state index contributed by atoms with van der Waals surface area (Å²) >= 11 is 0. The quantitative estimate of drug-likeness (QED) is 0.732. The Morgan fingerprint density at radius 1 is 1.21 bits per heavy atom. The van der Waals surface area contributed by atoms with Gasteiger partial charge in [-0.2, -0.15) is 0 Å². The molecule has 1 heterocycles. The molecule has 1 heteroatoms. The SMILES string of the molecule is C=C(C)C1=CN(C2CC2)c2cc(C)c(C)cc2C1=C. The molecule has 98 valence electrons. The highest BCUT2D eigenvalue weighted by molar-refractivity contribution is 5.92. The predicted octanol–water partition coefficient (Wildman–Crippen LogP) is 4.76. The van der Waals surface area contributed by atoms with Crippen molar-refractivity contribution in [3.63, 3.8) is 0 Å². The van der Waals surface area contributed by atoms with Crippen molar-refractivity contribution in [3.05, 3.63) is 59.3 Å². The Hall–Kier alpha value is -1.76. The third-order valence-electron chi connectivity index (χ3n) is 4.21. The van der Waals surface area contributed by atoms with Crippen molar-refractivity contribution in [3.8, 4) is 0 Å². The van der Waals surface area contributed by atoms with E-state index in [9.17, 15) is 0 Å². The van der Waals surface area contributed by atoms with E-state index < -0.39 is 0 Å². The maximum absolute atomic E-state index is 4.29. The number of nitrogens with zero attached hydrogens (tertiary/aromatic N) is 1. The molecule has 1 aliphatic carbocycles. The van der Waals surface area contributed by atoms with Crippen LogP contribution in [-0.2, 0) is 0 Å². The van der Waals surface area contributed by atoms with E-state index in [4.69, 9.17) is 0 Å². The van der Waals surface area contributed by atoms with Gasteiger partial charge >= 0.3 is 0 Å². The molecule has 0 atom stereocenters. The maximum Gasteiger partial charge on any atom is 0.0491 e. The van der Waals surface area contributed by atoms with Crippen molar-refractivity contribution >= 4 is 11.3 Å². The van der Waals surface area contributed by atoms with E-state index in [1.807, 2.05) is 0 Å². The van der Waals surface area contributed by atoms with Crippen molar-refractivity contribution in [2.45, 2.75) is 39.7 Å². The zero-order valence-electron chi connectivity index (χ0n) is 12.1. The van der Waals surface area contributed by atoms with Gasteiger partial charge in [0.2, 0.25) is 0 Å². The number of benzene rings is 1. The summed E-state index contributed by atoms with van der Waals surface area (Å²) in [6.07, 6.45) is 4.83. The minimum atomic E-state index is 0.670. The van der Waals surface area contributed by atoms with E-state index in [0.29, 0.717) is 6.04 Å². The first kappa shape index (κ1) is 12.3. The van der Waals surface area contributed by atoms with Gasteiger partial charge in [0.05, 0.1) is 0 Å². The lowest BCUT2D eigenvalue weighted by molar-refractivity contribution is 0.944. The molecule has 1 nitrogen and oxygen atoms in total. The molecule has 0 bridgehead atoms. The normalized spacial score (nSPS) is 18.2. The first-order valence-electron chi connectivity index (χ1n) is 6.96. The van der Waals surface area contributed by atoms with Crippen LogP contribution in [0.2, 0.25) is 0 Å². The summed E-state index contributed by atoms with van der Waals surface area (Å²) in [6, 6.07) is 5.25. The highest BCUT2D eigenvalue weighted by atomic mass is 15.2. The molecule has 0 amide bonds. The van der Waals surface area contributed by atoms with Gasteiger partial charge < -0.3 is 4.90 Å². The first-order valence-corrected chi connectivity index (χ1v) is 6.96. The van der Waals surface area contributed by atoms with E-state index >= 15 is 0 Å². The third-order valence-corrected chi connectivity index (χ3v) is 4.21. The van der Waals surface area contributed by atoms with Crippen molar-refractivity contribution in [2.24, 2.45) is 0 Å². The van der Waals surface area contributed by atoms with Gasteiger partial charge in [-0.15, -0.1) is 0 Å². The molecule has 19 heavy (non-hydrogen) atoms. The van der Waals surface area contributed by atoms with E-state index in [0.717, 1.165) is 11.1 Å². The molecule has 2 aliphatic rings. The van der Waals surface area contributed by atoms with E-state index in [2.05, 4.69) is 57.2 Å². The molecule has 1 fully saturated rings. The summed E-state index contributed by atoms with van der Waals surface area (Å²) in [5.74, 6) is 0. The maximum atomic E-state index is 4.29. The van der Waals surface area contributed by atoms with Gasteiger partial charge in [-0.25, -0.2) is 0 Å². The Bertz CT molecular complexity index is 615. The van der Waals surface area contributed by atoms with Crippen LogP contribution in [0, 0.1) is 13.8 Å². The molecule has 0 unspecified atom stereocenters. The minimum absolute atomic E-state index is 0.670. The Kier molecular flexibility index (Phi) is 2.67. The van der Waals surface area contributed by atoms with Gasteiger partial charge in [-0.1, -0.05) is 13.2 Å². The lowest BCUT2D eigenvalue weighted by atomic mass is 9.89. The molecule has 0 saturated heterocycles. The summed E-state index contributed by atoms with van der Waals surface area (Å²) < 4.78 is 0. The second kappa shape index (κ2) is 4.12. The second-order valence-electron chi connectivity index (χ2n) is 5.89. The lowest BCUT2D eigenvalue weighted by Gasteiger charge is -2.32. The Balaban J connectivity index is 2.19. The number of hydrogen-bond acceptors (Lipinski definition) is 1. The van der Waals surface area contributed by atoms with Crippen LogP contribution < -0.4 is 4.90 Å². The molecular formula is C18H21N. The van der Waals surface area contributed by atoms with E-state index in [1.165, 1.54) is 40.8 Å². The van der Waals surface area contributed by atoms with E-state index in [1.54, 1.807) is 0 Å². The Labute approximate surface area is 115 Å². The van der Waals surface area contributed by atoms with Crippen molar-refractivity contribution < 1.29 is 0 Å². The number of hydrogen-bond donors (Lipinski definition) is 0. The van der Waals surface area contributed by atoms with Crippen molar-refractivity contribution in [1.29, 1.82) is 0 Å². The predicted molar refractivity (Wildman–Crippen MR) is 83.3 cm³/mol. The molecule has 0 radical (unpaired) electrons. The number of rotatable bonds is 2. The third kappa shape index (κ3) is 1.94. The lowest BCUT2D eigenvalue weighted by Crippen LogP contribution is -2.24. The second-order valence-corrected chi connectivity index (χ2v) is 5.89. The number of aryl methyl sites for hydroxylation is 2. The fourth-order valence-electron chi connectivity index (χ4n) is 2.71.